The molecule has 0 bridgehead atoms. The van der Waals surface area contributed by atoms with Gasteiger partial charge in [-0.1, -0.05) is 6.07 Å². The lowest BCUT2D eigenvalue weighted by Gasteiger charge is -2.16. The Balaban J connectivity index is 2.72. The highest BCUT2D eigenvalue weighted by atomic mass is 32.2. The Morgan fingerprint density at radius 1 is 1.39 bits per heavy atom. The predicted molar refractivity (Wildman–Crippen MR) is 54.7 cm³/mol. The highest BCUT2D eigenvalue weighted by Gasteiger charge is 2.41. The van der Waals surface area contributed by atoms with Crippen LogP contribution in [0.1, 0.15) is 22.8 Å². The molecule has 4 nitrogen and oxygen atoms in total. The highest BCUT2D eigenvalue weighted by molar-refractivity contribution is 7.85. The molecule has 1 saturated heterocycles. The van der Waals surface area contributed by atoms with Crippen molar-refractivity contribution in [1.82, 2.24) is 0 Å². The Labute approximate surface area is 101 Å². The first-order valence-corrected chi connectivity index (χ1v) is 6.36. The van der Waals surface area contributed by atoms with Crippen LogP contribution < -0.4 is 0 Å². The van der Waals surface area contributed by atoms with Gasteiger partial charge < -0.3 is 4.74 Å². The third kappa shape index (κ3) is 2.36. The number of ether oxygens (including phenoxy) is 1. The van der Waals surface area contributed by atoms with E-state index in [0.29, 0.717) is 0 Å². The molecule has 0 aromatic heterocycles. The monoisotopic (exact) mass is 282 g/mol. The predicted octanol–water partition coefficient (Wildman–Crippen LogP) is 2.33. The van der Waals surface area contributed by atoms with Crippen LogP contribution in [0.15, 0.2) is 17.0 Å². The molecule has 18 heavy (non-hydrogen) atoms. The maximum absolute atomic E-state index is 12.9. The molecule has 100 valence electrons. The maximum atomic E-state index is 12.9. The molecule has 8 heteroatoms. The molecule has 1 aromatic rings. The van der Waals surface area contributed by atoms with Crippen LogP contribution in [0.25, 0.3) is 0 Å². The molecule has 1 fully saturated rings. The summed E-state index contributed by atoms with van der Waals surface area (Å²) in [6, 6.07) is 1.98. The van der Waals surface area contributed by atoms with E-state index in [-0.39, 0.29) is 12.2 Å². The van der Waals surface area contributed by atoms with Gasteiger partial charge in [-0.25, -0.2) is 0 Å². The van der Waals surface area contributed by atoms with E-state index in [1.54, 1.807) is 0 Å². The average Bonchev–Trinajstić information content (AvgIpc) is 2.95. The number of rotatable bonds is 2. The highest BCUT2D eigenvalue weighted by Crippen LogP contribution is 2.43. The number of hydrogen-bond donors (Lipinski definition) is 1. The van der Waals surface area contributed by atoms with Crippen LogP contribution in [0.2, 0.25) is 0 Å². The standard InChI is InChI=1S/C10H9F3O4S/c1-5-8(18(14,15)16)3-2-6(7-4-17-7)9(5)10(11,12)13/h2-3,7H,4H2,1H3,(H,14,15,16). The summed E-state index contributed by atoms with van der Waals surface area (Å²) in [6.45, 7) is 1.19. The van der Waals surface area contributed by atoms with Gasteiger partial charge in [0, 0.05) is 0 Å². The van der Waals surface area contributed by atoms with Crippen LogP contribution in [0, 0.1) is 6.92 Å². The van der Waals surface area contributed by atoms with Gasteiger partial charge in [-0.3, -0.25) is 4.55 Å². The summed E-state index contributed by atoms with van der Waals surface area (Å²) < 4.78 is 74.5. The zero-order chi connectivity index (χ0) is 13.7. The normalized spacial score (nSPS) is 19.9. The molecule has 0 saturated carbocycles. The Bertz CT molecular complexity index is 588. The van der Waals surface area contributed by atoms with Gasteiger partial charge in [0.05, 0.1) is 17.1 Å². The molecule has 0 amide bonds. The summed E-state index contributed by atoms with van der Waals surface area (Å²) in [4.78, 5) is -0.737. The lowest BCUT2D eigenvalue weighted by Crippen LogP contribution is -2.14. The van der Waals surface area contributed by atoms with Gasteiger partial charge in [0.1, 0.15) is 6.10 Å². The van der Waals surface area contributed by atoms with Gasteiger partial charge in [-0.2, -0.15) is 21.6 Å². The molecular weight excluding hydrogens is 273 g/mol. The van der Waals surface area contributed by atoms with Crippen molar-refractivity contribution in [2.45, 2.75) is 24.1 Å². The van der Waals surface area contributed by atoms with Crippen LogP contribution in [0.5, 0.6) is 0 Å². The SMILES string of the molecule is Cc1c(S(=O)(=O)O)ccc(C2CO2)c1C(F)(F)F. The van der Waals surface area contributed by atoms with Crippen LogP contribution >= 0.6 is 0 Å². The van der Waals surface area contributed by atoms with Crippen molar-refractivity contribution >= 4 is 10.1 Å². The Kier molecular flexibility index (Phi) is 2.91. The Morgan fingerprint density at radius 2 is 1.94 bits per heavy atom. The fraction of sp³-hybridized carbons (Fsp3) is 0.400. The molecule has 1 atom stereocenters. The third-order valence-corrected chi connectivity index (χ3v) is 3.69. The summed E-state index contributed by atoms with van der Waals surface area (Å²) in [5.41, 5.74) is -1.68. The smallest absolute Gasteiger partial charge is 0.368 e. The van der Waals surface area contributed by atoms with Crippen molar-refractivity contribution < 1.29 is 30.9 Å². The quantitative estimate of drug-likeness (QED) is 0.668. The van der Waals surface area contributed by atoms with Gasteiger partial charge >= 0.3 is 6.18 Å². The van der Waals surface area contributed by atoms with E-state index in [1.807, 2.05) is 0 Å². The largest absolute Gasteiger partial charge is 0.417 e. The van der Waals surface area contributed by atoms with Crippen molar-refractivity contribution in [2.75, 3.05) is 6.61 Å². The first kappa shape index (κ1) is 13.3. The molecule has 0 aliphatic carbocycles. The zero-order valence-corrected chi connectivity index (χ0v) is 9.97. The van der Waals surface area contributed by atoms with Crippen LogP contribution in [-0.4, -0.2) is 19.6 Å². The fourth-order valence-corrected chi connectivity index (χ4v) is 2.59. The van der Waals surface area contributed by atoms with Crippen LogP contribution in [0.4, 0.5) is 13.2 Å². The van der Waals surface area contributed by atoms with Crippen molar-refractivity contribution in [3.05, 3.63) is 28.8 Å². The van der Waals surface area contributed by atoms with Crippen molar-refractivity contribution in [1.29, 1.82) is 0 Å². The van der Waals surface area contributed by atoms with Gasteiger partial charge in [0.2, 0.25) is 0 Å². The van der Waals surface area contributed by atoms with E-state index >= 15 is 0 Å². The van der Waals surface area contributed by atoms with E-state index in [0.717, 1.165) is 19.1 Å². The summed E-state index contributed by atoms with van der Waals surface area (Å²) >= 11 is 0. The second-order valence-corrected chi connectivity index (χ2v) is 5.34. The van der Waals surface area contributed by atoms with Gasteiger partial charge in [-0.05, 0) is 24.1 Å². The molecule has 0 radical (unpaired) electrons. The number of benzene rings is 1. The third-order valence-electron chi connectivity index (χ3n) is 2.69. The summed E-state index contributed by atoms with van der Waals surface area (Å²) in [7, 11) is -4.68. The molecule has 1 aliphatic heterocycles. The Morgan fingerprint density at radius 3 is 2.33 bits per heavy atom. The molecule has 1 aromatic carbocycles. The van der Waals surface area contributed by atoms with Gasteiger partial charge in [-0.15, -0.1) is 0 Å². The first-order valence-electron chi connectivity index (χ1n) is 4.92. The number of hydrogen-bond acceptors (Lipinski definition) is 3. The van der Waals surface area contributed by atoms with Crippen molar-refractivity contribution in [3.63, 3.8) is 0 Å². The topological polar surface area (TPSA) is 66.9 Å². The minimum absolute atomic E-state index is 0.104. The van der Waals surface area contributed by atoms with Crippen LogP contribution in [-0.2, 0) is 21.0 Å². The summed E-state index contributed by atoms with van der Waals surface area (Å²) in [6.07, 6.45) is -5.36. The number of halogens is 3. The molecular formula is C10H9F3O4S. The Hall–Kier alpha value is -1.12. The second kappa shape index (κ2) is 3.94. The maximum Gasteiger partial charge on any atom is 0.417 e. The lowest BCUT2D eigenvalue weighted by atomic mass is 9.99. The molecule has 2 rings (SSSR count). The minimum Gasteiger partial charge on any atom is -0.368 e. The van der Waals surface area contributed by atoms with Gasteiger partial charge in [0.15, 0.2) is 0 Å². The molecule has 1 N–H and O–H groups in total. The molecule has 1 heterocycles. The fourth-order valence-electron chi connectivity index (χ4n) is 1.87. The van der Waals surface area contributed by atoms with E-state index < -0.39 is 38.4 Å². The summed E-state index contributed by atoms with van der Waals surface area (Å²) in [5, 5.41) is 0. The number of alkyl halides is 3. The second-order valence-electron chi connectivity index (χ2n) is 3.95. The lowest BCUT2D eigenvalue weighted by molar-refractivity contribution is -0.139. The zero-order valence-electron chi connectivity index (χ0n) is 9.15. The van der Waals surface area contributed by atoms with Crippen LogP contribution in [0.3, 0.4) is 0 Å². The van der Waals surface area contributed by atoms with E-state index in [1.165, 1.54) is 0 Å². The van der Waals surface area contributed by atoms with Gasteiger partial charge in [0.25, 0.3) is 10.1 Å². The molecule has 1 unspecified atom stereocenters. The minimum atomic E-state index is -4.70. The summed E-state index contributed by atoms with van der Waals surface area (Å²) in [5.74, 6) is 0. The average molecular weight is 282 g/mol. The van der Waals surface area contributed by atoms with Crippen molar-refractivity contribution in [2.24, 2.45) is 0 Å². The first-order chi connectivity index (χ1) is 8.12. The molecule has 1 aliphatic rings. The van der Waals surface area contributed by atoms with Crippen molar-refractivity contribution in [3.8, 4) is 0 Å². The molecule has 0 spiro atoms. The number of epoxide rings is 1. The van der Waals surface area contributed by atoms with E-state index in [9.17, 15) is 21.6 Å². The van der Waals surface area contributed by atoms with E-state index in [2.05, 4.69) is 0 Å². The van der Waals surface area contributed by atoms with E-state index in [4.69, 9.17) is 9.29 Å².